The van der Waals surface area contributed by atoms with Crippen molar-refractivity contribution >= 4 is 0 Å². The number of aryl methyl sites for hydroxylation is 1. The first-order valence-electron chi connectivity index (χ1n) is 6.80. The lowest BCUT2D eigenvalue weighted by Gasteiger charge is -2.16. The third-order valence-electron chi connectivity index (χ3n) is 3.40. The number of nitrogens with two attached hydrogens (primary N) is 1. The second-order valence-corrected chi connectivity index (χ2v) is 4.71. The molecule has 0 amide bonds. The van der Waals surface area contributed by atoms with Crippen LogP contribution in [0.3, 0.4) is 0 Å². The lowest BCUT2D eigenvalue weighted by molar-refractivity contribution is 0.413. The fourth-order valence-corrected chi connectivity index (χ4v) is 2.13. The number of hydrogen-bond acceptors (Lipinski definition) is 4. The van der Waals surface area contributed by atoms with Crippen molar-refractivity contribution in [1.29, 1.82) is 0 Å². The van der Waals surface area contributed by atoms with Crippen LogP contribution in [0.5, 0.6) is 5.75 Å². The number of rotatable bonds is 6. The first kappa shape index (κ1) is 14.5. The minimum Gasteiger partial charge on any atom is -0.497 e. The molecule has 20 heavy (non-hydrogen) atoms. The number of nitrogens with one attached hydrogen (secondary N) is 1. The third-order valence-corrected chi connectivity index (χ3v) is 3.40. The summed E-state index contributed by atoms with van der Waals surface area (Å²) in [6, 6.07) is 12.1. The maximum absolute atomic E-state index is 5.68. The summed E-state index contributed by atoms with van der Waals surface area (Å²) >= 11 is 0. The van der Waals surface area contributed by atoms with Crippen molar-refractivity contribution in [3.63, 3.8) is 0 Å². The second-order valence-electron chi connectivity index (χ2n) is 4.71. The summed E-state index contributed by atoms with van der Waals surface area (Å²) in [4.78, 5) is 4.48. The van der Waals surface area contributed by atoms with E-state index in [9.17, 15) is 0 Å². The Balaban J connectivity index is 2.14. The van der Waals surface area contributed by atoms with Crippen LogP contribution in [0, 0.1) is 0 Å². The number of pyridine rings is 1. The fraction of sp³-hybridized carbons (Fsp3) is 0.312. The Morgan fingerprint density at radius 3 is 2.75 bits per heavy atom. The standard InChI is InChI=1S/C16H21N3O/c1-3-12-7-8-14(18-11-12)10-16(19-17)13-5-4-6-15(9-13)20-2/h4-9,11,16,19H,3,10,17H2,1-2H3. The molecule has 0 aliphatic rings. The highest BCUT2D eigenvalue weighted by molar-refractivity contribution is 5.31. The predicted molar refractivity (Wildman–Crippen MR) is 80.4 cm³/mol. The van der Waals surface area contributed by atoms with Gasteiger partial charge in [0.05, 0.1) is 13.2 Å². The molecule has 1 aromatic heterocycles. The van der Waals surface area contributed by atoms with E-state index in [2.05, 4.69) is 29.5 Å². The molecule has 2 rings (SSSR count). The van der Waals surface area contributed by atoms with Gasteiger partial charge in [0.15, 0.2) is 0 Å². The topological polar surface area (TPSA) is 60.2 Å². The normalized spacial score (nSPS) is 12.2. The Kier molecular flexibility index (Phi) is 5.09. The maximum atomic E-state index is 5.68. The molecular formula is C16H21N3O. The van der Waals surface area contributed by atoms with Gasteiger partial charge in [-0.05, 0) is 35.7 Å². The molecule has 0 aliphatic heterocycles. The minimum absolute atomic E-state index is 0.0186. The van der Waals surface area contributed by atoms with E-state index in [0.717, 1.165) is 29.8 Å². The molecule has 0 bridgehead atoms. The van der Waals surface area contributed by atoms with Crippen LogP contribution in [-0.2, 0) is 12.8 Å². The first-order valence-corrected chi connectivity index (χ1v) is 6.80. The summed E-state index contributed by atoms with van der Waals surface area (Å²) in [7, 11) is 1.66. The Hall–Kier alpha value is -1.91. The van der Waals surface area contributed by atoms with Gasteiger partial charge in [-0.1, -0.05) is 25.1 Å². The number of ether oxygens (including phenoxy) is 1. The summed E-state index contributed by atoms with van der Waals surface area (Å²) in [5.41, 5.74) is 6.21. The first-order chi connectivity index (χ1) is 9.76. The van der Waals surface area contributed by atoms with Gasteiger partial charge in [0.1, 0.15) is 5.75 Å². The Bertz CT molecular complexity index is 540. The van der Waals surface area contributed by atoms with Crippen molar-refractivity contribution in [2.75, 3.05) is 7.11 Å². The van der Waals surface area contributed by atoms with Crippen LogP contribution in [-0.4, -0.2) is 12.1 Å². The molecule has 1 heterocycles. The van der Waals surface area contributed by atoms with Gasteiger partial charge in [-0.3, -0.25) is 16.3 Å². The molecule has 1 atom stereocenters. The monoisotopic (exact) mass is 271 g/mol. The van der Waals surface area contributed by atoms with Gasteiger partial charge in [0.2, 0.25) is 0 Å². The van der Waals surface area contributed by atoms with Gasteiger partial charge in [-0.15, -0.1) is 0 Å². The lowest BCUT2D eigenvalue weighted by atomic mass is 10.0. The van der Waals surface area contributed by atoms with Gasteiger partial charge in [0, 0.05) is 18.3 Å². The molecule has 1 unspecified atom stereocenters. The molecule has 4 nitrogen and oxygen atoms in total. The van der Waals surface area contributed by atoms with E-state index in [0.29, 0.717) is 0 Å². The van der Waals surface area contributed by atoms with Crippen molar-refractivity contribution < 1.29 is 4.74 Å². The zero-order valence-electron chi connectivity index (χ0n) is 12.0. The van der Waals surface area contributed by atoms with Gasteiger partial charge in [0.25, 0.3) is 0 Å². The smallest absolute Gasteiger partial charge is 0.119 e. The number of hydrogen-bond donors (Lipinski definition) is 2. The SMILES string of the molecule is CCc1ccc(CC(NN)c2cccc(OC)c2)nc1. The molecule has 0 aliphatic carbocycles. The minimum atomic E-state index is 0.0186. The average Bonchev–Trinajstić information content (AvgIpc) is 2.53. The van der Waals surface area contributed by atoms with Crippen molar-refractivity contribution in [2.24, 2.45) is 5.84 Å². The molecule has 2 aromatic rings. The Morgan fingerprint density at radius 1 is 1.30 bits per heavy atom. The second kappa shape index (κ2) is 7.03. The average molecular weight is 271 g/mol. The van der Waals surface area contributed by atoms with Crippen LogP contribution < -0.4 is 16.0 Å². The van der Waals surface area contributed by atoms with Gasteiger partial charge in [-0.2, -0.15) is 0 Å². The number of hydrazine groups is 1. The molecule has 3 N–H and O–H groups in total. The molecule has 106 valence electrons. The zero-order chi connectivity index (χ0) is 14.4. The third kappa shape index (κ3) is 3.56. The van der Waals surface area contributed by atoms with E-state index in [1.807, 2.05) is 30.5 Å². The van der Waals surface area contributed by atoms with Gasteiger partial charge in [-0.25, -0.2) is 0 Å². The van der Waals surface area contributed by atoms with E-state index in [1.54, 1.807) is 7.11 Å². The number of aromatic nitrogens is 1. The quantitative estimate of drug-likeness (QED) is 0.625. The van der Waals surface area contributed by atoms with Crippen molar-refractivity contribution in [3.05, 3.63) is 59.4 Å². The Labute approximate surface area is 120 Å². The summed E-state index contributed by atoms with van der Waals surface area (Å²) in [6.07, 6.45) is 3.67. The summed E-state index contributed by atoms with van der Waals surface area (Å²) in [5.74, 6) is 6.51. The highest BCUT2D eigenvalue weighted by Gasteiger charge is 2.12. The number of benzene rings is 1. The molecule has 1 aromatic carbocycles. The fourth-order valence-electron chi connectivity index (χ4n) is 2.13. The van der Waals surface area contributed by atoms with Crippen LogP contribution in [0.1, 0.15) is 29.8 Å². The van der Waals surface area contributed by atoms with Crippen LogP contribution in [0.4, 0.5) is 0 Å². The number of methoxy groups -OCH3 is 1. The molecule has 0 saturated carbocycles. The molecule has 0 spiro atoms. The van der Waals surface area contributed by atoms with Gasteiger partial charge >= 0.3 is 0 Å². The summed E-state index contributed by atoms with van der Waals surface area (Å²) < 4.78 is 5.25. The predicted octanol–water partition coefficient (Wildman–Crippen LogP) is 2.40. The molecule has 4 heteroatoms. The van der Waals surface area contributed by atoms with E-state index in [4.69, 9.17) is 10.6 Å². The van der Waals surface area contributed by atoms with E-state index in [1.165, 1.54) is 5.56 Å². The highest BCUT2D eigenvalue weighted by Crippen LogP contribution is 2.21. The van der Waals surface area contributed by atoms with E-state index < -0.39 is 0 Å². The van der Waals surface area contributed by atoms with E-state index >= 15 is 0 Å². The molecular weight excluding hydrogens is 250 g/mol. The lowest BCUT2D eigenvalue weighted by Crippen LogP contribution is -2.29. The van der Waals surface area contributed by atoms with Crippen molar-refractivity contribution in [2.45, 2.75) is 25.8 Å². The van der Waals surface area contributed by atoms with Crippen molar-refractivity contribution in [1.82, 2.24) is 10.4 Å². The summed E-state index contributed by atoms with van der Waals surface area (Å²) in [5, 5.41) is 0. The molecule has 0 radical (unpaired) electrons. The molecule has 0 fully saturated rings. The Morgan fingerprint density at radius 2 is 2.15 bits per heavy atom. The number of nitrogens with zero attached hydrogens (tertiary/aromatic N) is 1. The highest BCUT2D eigenvalue weighted by atomic mass is 16.5. The largest absolute Gasteiger partial charge is 0.497 e. The summed E-state index contributed by atoms with van der Waals surface area (Å²) in [6.45, 7) is 2.12. The maximum Gasteiger partial charge on any atom is 0.119 e. The molecule has 0 saturated heterocycles. The van der Waals surface area contributed by atoms with Crippen molar-refractivity contribution in [3.8, 4) is 5.75 Å². The van der Waals surface area contributed by atoms with Crippen LogP contribution >= 0.6 is 0 Å². The van der Waals surface area contributed by atoms with Gasteiger partial charge < -0.3 is 4.74 Å². The van der Waals surface area contributed by atoms with E-state index in [-0.39, 0.29) is 6.04 Å². The van der Waals surface area contributed by atoms with Crippen LogP contribution in [0.25, 0.3) is 0 Å². The van der Waals surface area contributed by atoms with Crippen LogP contribution in [0.15, 0.2) is 42.6 Å². The van der Waals surface area contributed by atoms with Crippen LogP contribution in [0.2, 0.25) is 0 Å². The zero-order valence-corrected chi connectivity index (χ0v) is 12.0.